The zero-order valence-electron chi connectivity index (χ0n) is 36.3. The second kappa shape index (κ2) is 36.3. The quantitative estimate of drug-likeness (QED) is 0.0201. The van der Waals surface area contributed by atoms with Crippen LogP contribution in [0.2, 0.25) is 0 Å². The van der Waals surface area contributed by atoms with E-state index in [0.29, 0.717) is 19.3 Å². The Morgan fingerprint density at radius 1 is 0.576 bits per heavy atom. The third kappa shape index (κ3) is 31.2. The molecule has 342 valence electrons. The van der Waals surface area contributed by atoms with Crippen LogP contribution in [0.5, 0.6) is 0 Å². The van der Waals surface area contributed by atoms with E-state index in [1.165, 1.54) is 83.5 Å². The van der Waals surface area contributed by atoms with Gasteiger partial charge in [-0.2, -0.15) is 8.42 Å². The van der Waals surface area contributed by atoms with E-state index in [-0.39, 0.29) is 19.4 Å². The fourth-order valence-corrected chi connectivity index (χ4v) is 7.30. The van der Waals surface area contributed by atoms with Gasteiger partial charge in [-0.25, -0.2) is 0 Å². The molecule has 13 heteroatoms. The van der Waals surface area contributed by atoms with E-state index in [2.05, 4.69) is 50.3 Å². The third-order valence-corrected chi connectivity index (χ3v) is 10.9. The molecule has 1 saturated heterocycles. The maximum absolute atomic E-state index is 12.8. The summed E-state index contributed by atoms with van der Waals surface area (Å²) >= 11 is 0. The maximum atomic E-state index is 12.8. The highest BCUT2D eigenvalue weighted by Crippen LogP contribution is 2.24. The Bertz CT molecular complexity index is 1280. The maximum Gasteiger partial charge on any atom is 0.306 e. The number of allylic oxidation sites excluding steroid dienone is 8. The molecule has 1 fully saturated rings. The van der Waals surface area contributed by atoms with E-state index in [9.17, 15) is 37.9 Å². The van der Waals surface area contributed by atoms with Crippen molar-refractivity contribution in [2.75, 3.05) is 19.0 Å². The molecule has 1 rings (SSSR count). The molecule has 0 spiro atoms. The van der Waals surface area contributed by atoms with Crippen molar-refractivity contribution in [1.29, 1.82) is 0 Å². The van der Waals surface area contributed by atoms with Crippen LogP contribution in [-0.2, 0) is 38.7 Å². The van der Waals surface area contributed by atoms with E-state index in [0.717, 1.165) is 44.9 Å². The van der Waals surface area contributed by atoms with Crippen molar-refractivity contribution in [3.63, 3.8) is 0 Å². The van der Waals surface area contributed by atoms with Gasteiger partial charge >= 0.3 is 11.9 Å². The summed E-state index contributed by atoms with van der Waals surface area (Å²) in [6.45, 7) is 3.69. The van der Waals surface area contributed by atoms with E-state index in [1.807, 2.05) is 12.2 Å². The summed E-state index contributed by atoms with van der Waals surface area (Å²) in [5, 5.41) is 30.8. The molecule has 0 bridgehead atoms. The third-order valence-electron chi connectivity index (χ3n) is 10.2. The first-order chi connectivity index (χ1) is 28.5. The molecule has 0 aromatic heterocycles. The van der Waals surface area contributed by atoms with E-state index < -0.39 is 71.2 Å². The summed E-state index contributed by atoms with van der Waals surface area (Å²) in [7, 11) is -4.61. The zero-order valence-corrected chi connectivity index (χ0v) is 37.2. The van der Waals surface area contributed by atoms with Crippen molar-refractivity contribution in [3.8, 4) is 0 Å². The van der Waals surface area contributed by atoms with Gasteiger partial charge in [0.25, 0.3) is 10.1 Å². The van der Waals surface area contributed by atoms with Crippen LogP contribution in [-0.4, -0.2) is 96.0 Å². The minimum Gasteiger partial charge on any atom is -0.462 e. The molecule has 2 unspecified atom stereocenters. The highest BCUT2D eigenvalue weighted by atomic mass is 32.2. The van der Waals surface area contributed by atoms with Crippen LogP contribution >= 0.6 is 0 Å². The number of ether oxygens (including phenoxy) is 4. The van der Waals surface area contributed by atoms with Gasteiger partial charge in [0.05, 0.1) is 6.61 Å². The number of esters is 2. The van der Waals surface area contributed by atoms with Gasteiger partial charge in [-0.1, -0.05) is 159 Å². The zero-order chi connectivity index (χ0) is 43.4. The largest absolute Gasteiger partial charge is 0.462 e. The number of carbonyl (C=O) groups excluding carboxylic acids is 2. The molecule has 59 heavy (non-hydrogen) atoms. The molecule has 6 atom stereocenters. The predicted molar refractivity (Wildman–Crippen MR) is 233 cm³/mol. The molecule has 4 N–H and O–H groups in total. The van der Waals surface area contributed by atoms with Gasteiger partial charge < -0.3 is 34.3 Å². The lowest BCUT2D eigenvalue weighted by Crippen LogP contribution is -2.60. The van der Waals surface area contributed by atoms with Crippen LogP contribution in [0.15, 0.2) is 48.6 Å². The summed E-state index contributed by atoms with van der Waals surface area (Å²) < 4.78 is 53.9. The molecule has 12 nitrogen and oxygen atoms in total. The van der Waals surface area contributed by atoms with Crippen molar-refractivity contribution in [1.82, 2.24) is 0 Å². The highest BCUT2D eigenvalue weighted by Gasteiger charge is 2.46. The van der Waals surface area contributed by atoms with Crippen molar-refractivity contribution in [2.45, 2.75) is 211 Å². The lowest BCUT2D eigenvalue weighted by Gasteiger charge is -2.40. The van der Waals surface area contributed by atoms with Crippen LogP contribution in [0.4, 0.5) is 0 Å². The highest BCUT2D eigenvalue weighted by molar-refractivity contribution is 7.85. The molecular formula is C46H80O12S. The van der Waals surface area contributed by atoms with Gasteiger partial charge in [0.2, 0.25) is 0 Å². The van der Waals surface area contributed by atoms with Crippen LogP contribution in [0.3, 0.4) is 0 Å². The number of carbonyl (C=O) groups is 2. The first-order valence-corrected chi connectivity index (χ1v) is 24.3. The molecule has 1 aliphatic heterocycles. The molecular weight excluding hydrogens is 777 g/mol. The monoisotopic (exact) mass is 857 g/mol. The Morgan fingerprint density at radius 2 is 1.03 bits per heavy atom. The standard InChI is InChI=1S/C46H80O12S/c1-3-5-7-9-11-13-15-16-17-18-19-20-21-22-23-24-25-27-29-31-33-35-42(48)57-39(36-55-41(47)34-32-30-28-26-14-12-10-8-6-4-2)37-56-46-45(51)44(50)43(49)40(58-46)38-59(52,53)54/h17-18,20-21,23-24,27,29,39-40,43-46,49-51H,3-16,19,22,25-26,28,30-38H2,1-2H3,(H,52,53,54)/b18-17+,21-20+,24-23+,29-27+/t39-,40-,43-,44?,45?,46+/m1/s1. The number of aliphatic hydroxyl groups is 3. The Hall–Kier alpha value is -2.39. The van der Waals surface area contributed by atoms with E-state index >= 15 is 0 Å². The van der Waals surface area contributed by atoms with Gasteiger partial charge in [0, 0.05) is 12.8 Å². The van der Waals surface area contributed by atoms with Crippen LogP contribution in [0.25, 0.3) is 0 Å². The number of hydrogen-bond acceptors (Lipinski definition) is 11. The smallest absolute Gasteiger partial charge is 0.306 e. The van der Waals surface area contributed by atoms with Crippen molar-refractivity contribution in [2.24, 2.45) is 0 Å². The fourth-order valence-electron chi connectivity index (χ4n) is 6.61. The normalized spacial score (nSPS) is 20.7. The molecule has 0 amide bonds. The first-order valence-electron chi connectivity index (χ1n) is 22.7. The van der Waals surface area contributed by atoms with Gasteiger partial charge in [0.1, 0.15) is 36.8 Å². The average molecular weight is 857 g/mol. The number of unbranched alkanes of at least 4 members (excludes halogenated alkanes) is 17. The molecule has 0 aromatic rings. The molecule has 1 aliphatic rings. The summed E-state index contributed by atoms with van der Waals surface area (Å²) in [6.07, 6.45) is 33.2. The molecule has 0 aliphatic carbocycles. The van der Waals surface area contributed by atoms with E-state index in [4.69, 9.17) is 18.9 Å². The van der Waals surface area contributed by atoms with Gasteiger partial charge in [0.15, 0.2) is 12.4 Å². The summed E-state index contributed by atoms with van der Waals surface area (Å²) in [4.78, 5) is 25.3. The van der Waals surface area contributed by atoms with Crippen LogP contribution in [0, 0.1) is 0 Å². The molecule has 0 aromatic carbocycles. The number of rotatable bonds is 37. The predicted octanol–water partition coefficient (Wildman–Crippen LogP) is 9.17. The minimum atomic E-state index is -4.61. The topological polar surface area (TPSA) is 186 Å². The second-order valence-corrected chi connectivity index (χ2v) is 17.2. The Balaban J connectivity index is 2.47. The Labute approximate surface area is 356 Å². The molecule has 0 radical (unpaired) electrons. The van der Waals surface area contributed by atoms with Crippen molar-refractivity contribution < 1.29 is 56.8 Å². The molecule has 1 heterocycles. The fraction of sp³-hybridized carbons (Fsp3) is 0.783. The minimum absolute atomic E-state index is 0.0887. The summed E-state index contributed by atoms with van der Waals surface area (Å²) in [5.74, 6) is -2.06. The van der Waals surface area contributed by atoms with E-state index in [1.54, 1.807) is 0 Å². The lowest BCUT2D eigenvalue weighted by molar-refractivity contribution is -0.297. The van der Waals surface area contributed by atoms with Crippen molar-refractivity contribution in [3.05, 3.63) is 48.6 Å². The Kier molecular flexibility index (Phi) is 33.6. The van der Waals surface area contributed by atoms with Crippen LogP contribution < -0.4 is 0 Å². The molecule has 0 saturated carbocycles. The van der Waals surface area contributed by atoms with Gasteiger partial charge in [-0.05, 0) is 51.4 Å². The SMILES string of the molecule is CCCCCCCCC/C=C/C/C=C/C/C=C/C/C=C/CCCC(=O)O[C@H](COC(=O)CCCCCCCCCCCC)CO[C@H]1O[C@H](CS(=O)(=O)O)[C@@H](O)C(O)C1O. The number of aliphatic hydroxyl groups excluding tert-OH is 3. The van der Waals surface area contributed by atoms with Gasteiger partial charge in [-0.15, -0.1) is 0 Å². The first kappa shape index (κ1) is 54.6. The average Bonchev–Trinajstić information content (AvgIpc) is 3.20. The second-order valence-electron chi connectivity index (χ2n) is 15.7. The van der Waals surface area contributed by atoms with Crippen LogP contribution in [0.1, 0.15) is 174 Å². The Morgan fingerprint density at radius 3 is 1.56 bits per heavy atom. The van der Waals surface area contributed by atoms with Gasteiger partial charge in [-0.3, -0.25) is 14.1 Å². The summed E-state index contributed by atoms with van der Waals surface area (Å²) in [5.41, 5.74) is 0. The summed E-state index contributed by atoms with van der Waals surface area (Å²) in [6, 6.07) is 0. The van der Waals surface area contributed by atoms with Crippen molar-refractivity contribution >= 4 is 22.1 Å². The lowest BCUT2D eigenvalue weighted by atomic mass is 10.00. The number of hydrogen-bond donors (Lipinski definition) is 4.